The number of methoxy groups -OCH3 is 1. The first-order valence-corrected chi connectivity index (χ1v) is 7.89. The summed E-state index contributed by atoms with van der Waals surface area (Å²) < 4.78 is 24.1. The second-order valence-electron chi connectivity index (χ2n) is 4.78. The average Bonchev–Trinajstić information content (AvgIpc) is 2.57. The van der Waals surface area contributed by atoms with Crippen LogP contribution < -0.4 is 9.47 Å². The molecule has 8 heteroatoms. The van der Waals surface area contributed by atoms with Gasteiger partial charge in [0.2, 0.25) is 0 Å². The minimum atomic E-state index is -0.914. The van der Waals surface area contributed by atoms with Gasteiger partial charge in [0.05, 0.1) is 20.3 Å². The Balaban J connectivity index is 2.86. The summed E-state index contributed by atoms with van der Waals surface area (Å²) in [6.07, 6.45) is -0.444. The molecule has 8 nitrogen and oxygen atoms in total. The monoisotopic (exact) mass is 354 g/mol. The third-order valence-corrected chi connectivity index (χ3v) is 2.99. The van der Waals surface area contributed by atoms with Crippen molar-refractivity contribution in [3.63, 3.8) is 0 Å². The molecule has 0 unspecified atom stereocenters. The van der Waals surface area contributed by atoms with Gasteiger partial charge in [0.1, 0.15) is 0 Å². The lowest BCUT2D eigenvalue weighted by Crippen LogP contribution is -2.14. The van der Waals surface area contributed by atoms with Gasteiger partial charge in [0.15, 0.2) is 11.5 Å². The van der Waals surface area contributed by atoms with Gasteiger partial charge in [-0.3, -0.25) is 4.79 Å². The van der Waals surface area contributed by atoms with E-state index >= 15 is 0 Å². The van der Waals surface area contributed by atoms with Crippen LogP contribution in [0.5, 0.6) is 11.5 Å². The van der Waals surface area contributed by atoms with Crippen LogP contribution in [0.4, 0.5) is 9.59 Å². The van der Waals surface area contributed by atoms with E-state index in [0.29, 0.717) is 12.8 Å². The molecule has 0 bridgehead atoms. The number of aryl methyl sites for hydroxylation is 1. The zero-order valence-corrected chi connectivity index (χ0v) is 14.5. The quantitative estimate of drug-likeness (QED) is 0.399. The smallest absolute Gasteiger partial charge is 0.469 e. The minimum Gasteiger partial charge on any atom is -0.469 e. The van der Waals surface area contributed by atoms with E-state index in [1.807, 2.05) is 0 Å². The van der Waals surface area contributed by atoms with Gasteiger partial charge in [-0.25, -0.2) is 9.59 Å². The van der Waals surface area contributed by atoms with Crippen LogP contribution >= 0.6 is 0 Å². The van der Waals surface area contributed by atoms with E-state index in [4.69, 9.17) is 18.9 Å². The Morgan fingerprint density at radius 3 is 2.08 bits per heavy atom. The Kier molecular flexibility index (Phi) is 8.84. The van der Waals surface area contributed by atoms with Crippen molar-refractivity contribution in [3.8, 4) is 11.5 Å². The molecule has 0 aliphatic rings. The molecule has 138 valence electrons. The number of esters is 1. The van der Waals surface area contributed by atoms with Crippen molar-refractivity contribution >= 4 is 18.3 Å². The Bertz CT molecular complexity index is 596. The molecule has 25 heavy (non-hydrogen) atoms. The molecule has 1 aromatic carbocycles. The topological polar surface area (TPSA) is 97.4 Å². The molecule has 0 atom stereocenters. The fourth-order valence-electron chi connectivity index (χ4n) is 1.89. The molecule has 0 aliphatic carbocycles. The first kappa shape index (κ1) is 20.3. The lowest BCUT2D eigenvalue weighted by atomic mass is 10.1. The normalized spacial score (nSPS) is 9.88. The molecule has 0 spiro atoms. The first-order chi connectivity index (χ1) is 12.0. The fraction of sp³-hybridized carbons (Fsp3) is 0.471. The third kappa shape index (κ3) is 7.56. The molecule has 0 aliphatic heterocycles. The van der Waals surface area contributed by atoms with Gasteiger partial charge in [0.25, 0.3) is 0 Å². The average molecular weight is 354 g/mol. The van der Waals surface area contributed by atoms with Crippen LogP contribution in [0.1, 0.15) is 32.3 Å². The van der Waals surface area contributed by atoms with E-state index in [1.165, 1.54) is 13.2 Å². The molecule has 0 saturated heterocycles. The van der Waals surface area contributed by atoms with Gasteiger partial charge in [-0.05, 0) is 44.4 Å². The number of hydrogen-bond acceptors (Lipinski definition) is 8. The lowest BCUT2D eigenvalue weighted by molar-refractivity contribution is -0.140. The molecule has 0 saturated carbocycles. The van der Waals surface area contributed by atoms with E-state index in [-0.39, 0.29) is 37.1 Å². The predicted octanol–water partition coefficient (Wildman–Crippen LogP) is 3.25. The molecule has 0 N–H and O–H groups in total. The number of carbonyl (C=O) groups excluding carboxylic acids is 3. The van der Waals surface area contributed by atoms with Crippen LogP contribution in [0.3, 0.4) is 0 Å². The maximum atomic E-state index is 11.6. The van der Waals surface area contributed by atoms with Crippen molar-refractivity contribution in [2.45, 2.75) is 33.1 Å². The summed E-state index contributed by atoms with van der Waals surface area (Å²) in [7, 11) is 1.33. The molecule has 1 aromatic rings. The summed E-state index contributed by atoms with van der Waals surface area (Å²) in [5, 5.41) is 0. The van der Waals surface area contributed by atoms with Crippen LogP contribution in [0.25, 0.3) is 0 Å². The van der Waals surface area contributed by atoms with Gasteiger partial charge >= 0.3 is 18.3 Å². The maximum Gasteiger partial charge on any atom is 0.513 e. The zero-order valence-electron chi connectivity index (χ0n) is 14.5. The SMILES string of the molecule is CCOC(=O)Oc1ccc(CCCC(=O)OC)cc1OC(=O)OCC. The molecule has 0 amide bonds. The van der Waals surface area contributed by atoms with Crippen LogP contribution in [0.2, 0.25) is 0 Å². The number of hydrogen-bond donors (Lipinski definition) is 0. The third-order valence-electron chi connectivity index (χ3n) is 2.99. The number of ether oxygens (including phenoxy) is 5. The van der Waals surface area contributed by atoms with E-state index < -0.39 is 12.3 Å². The highest BCUT2D eigenvalue weighted by Gasteiger charge is 2.16. The second-order valence-corrected chi connectivity index (χ2v) is 4.78. The standard InChI is InChI=1S/C17H22O8/c1-4-22-16(19)24-13-10-9-12(7-6-8-15(18)21-3)11-14(13)25-17(20)23-5-2/h9-11H,4-8H2,1-3H3. The maximum absolute atomic E-state index is 11.6. The largest absolute Gasteiger partial charge is 0.513 e. The summed E-state index contributed by atoms with van der Waals surface area (Å²) in [5.74, 6) is -0.240. The Labute approximate surface area is 145 Å². The first-order valence-electron chi connectivity index (χ1n) is 7.89. The van der Waals surface area contributed by atoms with Crippen molar-refractivity contribution in [2.75, 3.05) is 20.3 Å². The summed E-state index contributed by atoms with van der Waals surface area (Å²) in [6.45, 7) is 3.58. The Hall–Kier alpha value is -2.77. The molecule has 0 radical (unpaired) electrons. The van der Waals surface area contributed by atoms with Gasteiger partial charge < -0.3 is 23.7 Å². The summed E-state index contributed by atoms with van der Waals surface area (Å²) in [5.41, 5.74) is 0.791. The van der Waals surface area contributed by atoms with Crippen molar-refractivity contribution < 1.29 is 38.1 Å². The van der Waals surface area contributed by atoms with Gasteiger partial charge in [0, 0.05) is 6.42 Å². The summed E-state index contributed by atoms with van der Waals surface area (Å²) in [6, 6.07) is 4.73. The molecular formula is C17H22O8. The molecule has 0 fully saturated rings. The van der Waals surface area contributed by atoms with E-state index in [2.05, 4.69) is 4.74 Å². The molecule has 1 rings (SSSR count). The zero-order chi connectivity index (χ0) is 18.7. The Morgan fingerprint density at radius 1 is 0.920 bits per heavy atom. The summed E-state index contributed by atoms with van der Waals surface area (Å²) >= 11 is 0. The van der Waals surface area contributed by atoms with E-state index in [9.17, 15) is 14.4 Å². The highest BCUT2D eigenvalue weighted by atomic mass is 16.7. The van der Waals surface area contributed by atoms with Crippen LogP contribution in [-0.2, 0) is 25.4 Å². The van der Waals surface area contributed by atoms with Crippen LogP contribution in [0, 0.1) is 0 Å². The number of rotatable bonds is 8. The van der Waals surface area contributed by atoms with Gasteiger partial charge in [-0.1, -0.05) is 6.07 Å². The molecule has 0 heterocycles. The summed E-state index contributed by atoms with van der Waals surface area (Å²) in [4.78, 5) is 34.2. The number of carbonyl (C=O) groups is 3. The molecule has 0 aromatic heterocycles. The highest BCUT2D eigenvalue weighted by Crippen LogP contribution is 2.30. The second kappa shape index (κ2) is 10.9. The molecular weight excluding hydrogens is 332 g/mol. The van der Waals surface area contributed by atoms with Gasteiger partial charge in [-0.15, -0.1) is 0 Å². The van der Waals surface area contributed by atoms with Gasteiger partial charge in [-0.2, -0.15) is 0 Å². The minimum absolute atomic E-state index is 0.0297. The predicted molar refractivity (Wildman–Crippen MR) is 86.7 cm³/mol. The number of benzene rings is 1. The fourth-order valence-corrected chi connectivity index (χ4v) is 1.89. The van der Waals surface area contributed by atoms with E-state index in [1.54, 1.807) is 26.0 Å². The van der Waals surface area contributed by atoms with Crippen molar-refractivity contribution in [2.24, 2.45) is 0 Å². The van der Waals surface area contributed by atoms with Crippen molar-refractivity contribution in [3.05, 3.63) is 23.8 Å². The Morgan fingerprint density at radius 2 is 1.52 bits per heavy atom. The van der Waals surface area contributed by atoms with Crippen molar-refractivity contribution in [1.82, 2.24) is 0 Å². The van der Waals surface area contributed by atoms with Crippen LogP contribution in [-0.4, -0.2) is 38.6 Å². The van der Waals surface area contributed by atoms with E-state index in [0.717, 1.165) is 5.56 Å². The van der Waals surface area contributed by atoms with Crippen molar-refractivity contribution in [1.29, 1.82) is 0 Å². The highest BCUT2D eigenvalue weighted by molar-refractivity contribution is 5.70. The lowest BCUT2D eigenvalue weighted by Gasteiger charge is -2.12. The van der Waals surface area contributed by atoms with Crippen LogP contribution in [0.15, 0.2) is 18.2 Å².